The Morgan fingerprint density at radius 1 is 0.818 bits per heavy atom. The molecule has 0 aromatic heterocycles. The highest BCUT2D eigenvalue weighted by atomic mass is 15.1. The van der Waals surface area contributed by atoms with Crippen molar-refractivity contribution in [3.63, 3.8) is 0 Å². The van der Waals surface area contributed by atoms with Crippen LogP contribution in [0, 0.1) is 6.92 Å². The fourth-order valence-electron chi connectivity index (χ4n) is 2.19. The lowest BCUT2D eigenvalue weighted by Gasteiger charge is -2.17. The molecule has 3 nitrogen and oxygen atoms in total. The molecule has 1 heterocycles. The highest BCUT2D eigenvalue weighted by Gasteiger charge is 2.23. The van der Waals surface area contributed by atoms with Crippen molar-refractivity contribution in [3.05, 3.63) is 41.5 Å². The molecular formula is C19H27N3. The maximum absolute atomic E-state index is 4.81. The molecule has 1 aromatic rings. The number of benzene rings is 1. The summed E-state index contributed by atoms with van der Waals surface area (Å²) in [5.41, 5.74) is 4.14. The quantitative estimate of drug-likeness (QED) is 0.820. The van der Waals surface area contributed by atoms with E-state index in [9.17, 15) is 0 Å². The monoisotopic (exact) mass is 297 g/mol. The molecule has 0 saturated carbocycles. The molecule has 0 atom stereocenters. The Balaban J connectivity index is 2.43. The number of aliphatic imine (C=N–C) groups is 2. The summed E-state index contributed by atoms with van der Waals surface area (Å²) in [7, 11) is 0. The van der Waals surface area contributed by atoms with Crippen LogP contribution in [0.5, 0.6) is 0 Å². The van der Waals surface area contributed by atoms with Crippen molar-refractivity contribution < 1.29 is 0 Å². The van der Waals surface area contributed by atoms with Gasteiger partial charge in [-0.25, -0.2) is 0 Å². The molecule has 0 unspecified atom stereocenters. The van der Waals surface area contributed by atoms with E-state index in [4.69, 9.17) is 9.98 Å². The molecule has 2 rings (SSSR count). The fraction of sp³-hybridized carbons (Fsp3) is 0.474. The summed E-state index contributed by atoms with van der Waals surface area (Å²) < 4.78 is 0. The van der Waals surface area contributed by atoms with E-state index >= 15 is 0 Å². The Kier molecular flexibility index (Phi) is 4.28. The summed E-state index contributed by atoms with van der Waals surface area (Å²) in [6.07, 6.45) is 2.10. The lowest BCUT2D eigenvalue weighted by atomic mass is 10.1. The standard InChI is InChI=1S/C19H27N3/c1-13-8-10-14(11-9-13)15-12-16(21-18(2,3)4)17(20-15)22-19(5,6)7/h8-12H,1-7H3,(H,20,21,22). The first-order chi connectivity index (χ1) is 10.0. The van der Waals surface area contributed by atoms with E-state index in [2.05, 4.69) is 84.1 Å². The first-order valence-electron chi connectivity index (χ1n) is 7.79. The van der Waals surface area contributed by atoms with Gasteiger partial charge in [-0.1, -0.05) is 29.8 Å². The molecule has 0 fully saturated rings. The van der Waals surface area contributed by atoms with E-state index in [1.165, 1.54) is 5.56 Å². The van der Waals surface area contributed by atoms with Crippen LogP contribution in [0.25, 0.3) is 5.70 Å². The van der Waals surface area contributed by atoms with Crippen LogP contribution in [0.4, 0.5) is 0 Å². The van der Waals surface area contributed by atoms with Gasteiger partial charge in [-0.15, -0.1) is 0 Å². The zero-order chi connectivity index (χ0) is 16.5. The van der Waals surface area contributed by atoms with Crippen molar-refractivity contribution in [1.82, 2.24) is 5.32 Å². The molecule has 1 N–H and O–H groups in total. The number of nitrogens with zero attached hydrogens (tertiary/aromatic N) is 2. The first kappa shape index (κ1) is 16.5. The number of rotatable bonds is 1. The summed E-state index contributed by atoms with van der Waals surface area (Å²) in [4.78, 5) is 9.60. The molecule has 0 spiro atoms. The predicted molar refractivity (Wildman–Crippen MR) is 96.7 cm³/mol. The van der Waals surface area contributed by atoms with Crippen LogP contribution in [0.3, 0.4) is 0 Å². The van der Waals surface area contributed by atoms with Crippen molar-refractivity contribution in [2.45, 2.75) is 59.5 Å². The van der Waals surface area contributed by atoms with E-state index < -0.39 is 0 Å². The molecule has 1 aliphatic rings. The van der Waals surface area contributed by atoms with Crippen LogP contribution in [0.1, 0.15) is 52.7 Å². The van der Waals surface area contributed by atoms with Gasteiger partial charge < -0.3 is 5.32 Å². The van der Waals surface area contributed by atoms with E-state index in [1.807, 2.05) is 0 Å². The molecule has 3 heteroatoms. The van der Waals surface area contributed by atoms with Crippen molar-refractivity contribution in [3.8, 4) is 0 Å². The zero-order valence-electron chi connectivity index (χ0n) is 14.8. The third-order valence-corrected chi connectivity index (χ3v) is 3.04. The second kappa shape index (κ2) is 5.71. The van der Waals surface area contributed by atoms with Gasteiger partial charge in [0, 0.05) is 5.70 Å². The third-order valence-electron chi connectivity index (χ3n) is 3.04. The van der Waals surface area contributed by atoms with E-state index in [0.717, 1.165) is 22.8 Å². The minimum atomic E-state index is -0.141. The lowest BCUT2D eigenvalue weighted by Crippen LogP contribution is -2.28. The fourth-order valence-corrected chi connectivity index (χ4v) is 2.19. The second-order valence-corrected chi connectivity index (χ2v) is 7.85. The zero-order valence-corrected chi connectivity index (χ0v) is 14.8. The molecule has 0 bridgehead atoms. The van der Waals surface area contributed by atoms with Crippen molar-refractivity contribution in [2.24, 2.45) is 9.98 Å². The Morgan fingerprint density at radius 3 is 1.86 bits per heavy atom. The number of hydrogen-bond donors (Lipinski definition) is 1. The van der Waals surface area contributed by atoms with E-state index in [1.54, 1.807) is 0 Å². The van der Waals surface area contributed by atoms with Crippen LogP contribution in [-0.4, -0.2) is 22.6 Å². The summed E-state index contributed by atoms with van der Waals surface area (Å²) in [5.74, 6) is 0.859. The van der Waals surface area contributed by atoms with Gasteiger partial charge in [0.05, 0.1) is 11.1 Å². The van der Waals surface area contributed by atoms with Crippen LogP contribution in [0.15, 0.2) is 40.3 Å². The van der Waals surface area contributed by atoms with E-state index in [0.29, 0.717) is 0 Å². The molecule has 0 radical (unpaired) electrons. The van der Waals surface area contributed by atoms with Gasteiger partial charge in [0.1, 0.15) is 5.71 Å². The number of hydrogen-bond acceptors (Lipinski definition) is 2. The Labute approximate surface area is 134 Å². The predicted octanol–water partition coefficient (Wildman–Crippen LogP) is 4.38. The SMILES string of the molecule is Cc1ccc(C2=CC(=NC(C)(C)C)C(=NC(C)(C)C)N2)cc1. The number of nitrogens with one attached hydrogen (secondary N) is 1. The van der Waals surface area contributed by atoms with Gasteiger partial charge in [-0.2, -0.15) is 0 Å². The summed E-state index contributed by atoms with van der Waals surface area (Å²) in [6, 6.07) is 8.50. The van der Waals surface area contributed by atoms with Crippen LogP contribution in [0.2, 0.25) is 0 Å². The van der Waals surface area contributed by atoms with Crippen LogP contribution >= 0.6 is 0 Å². The van der Waals surface area contributed by atoms with Gasteiger partial charge in [0.25, 0.3) is 0 Å². The largest absolute Gasteiger partial charge is 0.338 e. The molecule has 0 saturated heterocycles. The number of amidine groups is 1. The molecule has 118 valence electrons. The molecule has 1 aromatic carbocycles. The normalized spacial score (nSPS) is 19.5. The highest BCUT2D eigenvalue weighted by Crippen LogP contribution is 2.21. The maximum atomic E-state index is 4.81. The Morgan fingerprint density at radius 2 is 1.36 bits per heavy atom. The Hall–Kier alpha value is -1.90. The molecule has 1 aliphatic heterocycles. The van der Waals surface area contributed by atoms with Gasteiger partial charge in [-0.3, -0.25) is 9.98 Å². The number of aryl methyl sites for hydroxylation is 1. The van der Waals surface area contributed by atoms with Gasteiger partial charge >= 0.3 is 0 Å². The molecular weight excluding hydrogens is 270 g/mol. The van der Waals surface area contributed by atoms with Gasteiger partial charge in [-0.05, 0) is 60.1 Å². The van der Waals surface area contributed by atoms with E-state index in [-0.39, 0.29) is 11.1 Å². The first-order valence-corrected chi connectivity index (χ1v) is 7.79. The highest BCUT2D eigenvalue weighted by molar-refractivity contribution is 6.51. The van der Waals surface area contributed by atoms with Crippen LogP contribution < -0.4 is 5.32 Å². The summed E-state index contributed by atoms with van der Waals surface area (Å²) >= 11 is 0. The minimum absolute atomic E-state index is 0.130. The summed E-state index contributed by atoms with van der Waals surface area (Å²) in [6.45, 7) is 14.7. The van der Waals surface area contributed by atoms with Crippen LogP contribution in [-0.2, 0) is 0 Å². The minimum Gasteiger partial charge on any atom is -0.338 e. The average molecular weight is 297 g/mol. The second-order valence-electron chi connectivity index (χ2n) is 7.85. The topological polar surface area (TPSA) is 36.8 Å². The molecule has 22 heavy (non-hydrogen) atoms. The van der Waals surface area contributed by atoms with Gasteiger partial charge in [0.2, 0.25) is 0 Å². The van der Waals surface area contributed by atoms with Crippen molar-refractivity contribution in [1.29, 1.82) is 0 Å². The van der Waals surface area contributed by atoms with Gasteiger partial charge in [0.15, 0.2) is 5.84 Å². The molecule has 0 amide bonds. The lowest BCUT2D eigenvalue weighted by molar-refractivity contribution is 0.578. The van der Waals surface area contributed by atoms with Crippen molar-refractivity contribution >= 4 is 17.2 Å². The average Bonchev–Trinajstić information content (AvgIpc) is 2.68. The van der Waals surface area contributed by atoms with Crippen molar-refractivity contribution in [2.75, 3.05) is 0 Å². The molecule has 0 aliphatic carbocycles. The maximum Gasteiger partial charge on any atom is 0.151 e. The Bertz CT molecular complexity index is 633. The third kappa shape index (κ3) is 4.55. The smallest absolute Gasteiger partial charge is 0.151 e. The summed E-state index contributed by atoms with van der Waals surface area (Å²) in [5, 5.41) is 3.44.